The maximum atomic E-state index is 12.8. The first-order valence-corrected chi connectivity index (χ1v) is 3.86. The van der Waals surface area contributed by atoms with E-state index in [0.717, 1.165) is 6.07 Å². The molecule has 4 heteroatoms. The number of phenols is 1. The molecule has 0 fully saturated rings. The predicted octanol–water partition coefficient (Wildman–Crippen LogP) is 1.95. The summed E-state index contributed by atoms with van der Waals surface area (Å²) in [6, 6.07) is 2.34. The third-order valence-electron chi connectivity index (χ3n) is 1.17. The van der Waals surface area contributed by atoms with Gasteiger partial charge >= 0.3 is 0 Å². The second-order valence-corrected chi connectivity index (χ2v) is 3.11. The van der Waals surface area contributed by atoms with Crippen LogP contribution in [-0.2, 0) is 0 Å². The lowest BCUT2D eigenvalue weighted by Crippen LogP contribution is -1.90. The molecule has 1 N–H and O–H groups in total. The van der Waals surface area contributed by atoms with Crippen molar-refractivity contribution in [1.29, 1.82) is 0 Å². The first-order chi connectivity index (χ1) is 5.15. The minimum Gasteiger partial charge on any atom is -0.508 e. The van der Waals surface area contributed by atoms with Crippen molar-refractivity contribution in [3.8, 4) is 5.75 Å². The molecule has 0 aliphatic rings. The second kappa shape index (κ2) is 3.17. The summed E-state index contributed by atoms with van der Waals surface area (Å²) in [4.78, 5) is 10.2. The highest BCUT2D eigenvalue weighted by Gasteiger charge is 2.06. The summed E-state index contributed by atoms with van der Waals surface area (Å²) in [5.41, 5.74) is -0.116. The van der Waals surface area contributed by atoms with E-state index in [-0.39, 0.29) is 14.9 Å². The average Bonchev–Trinajstić information content (AvgIpc) is 1.96. The molecule has 0 atom stereocenters. The Balaban J connectivity index is 3.35. The first kappa shape index (κ1) is 8.45. The van der Waals surface area contributed by atoms with E-state index in [1.165, 1.54) is 6.07 Å². The molecule has 0 radical (unpaired) electrons. The summed E-state index contributed by atoms with van der Waals surface area (Å²) < 4.78 is 13.1. The number of carbonyl (C=O) groups excluding carboxylic acids is 1. The van der Waals surface area contributed by atoms with E-state index >= 15 is 0 Å². The fourth-order valence-electron chi connectivity index (χ4n) is 0.681. The fourth-order valence-corrected chi connectivity index (χ4v) is 1.31. The Morgan fingerprint density at radius 3 is 2.73 bits per heavy atom. The predicted molar refractivity (Wildman–Crippen MR) is 46.2 cm³/mol. The number of hydrogen-bond acceptors (Lipinski definition) is 2. The van der Waals surface area contributed by atoms with Crippen molar-refractivity contribution in [3.05, 3.63) is 27.1 Å². The smallest absolute Gasteiger partial charge is 0.153 e. The quantitative estimate of drug-likeness (QED) is 0.623. The van der Waals surface area contributed by atoms with Crippen LogP contribution in [0, 0.1) is 9.39 Å². The summed E-state index contributed by atoms with van der Waals surface area (Å²) in [5, 5.41) is 8.92. The second-order valence-electron chi connectivity index (χ2n) is 1.95. The molecule has 0 amide bonds. The Morgan fingerprint density at radius 2 is 2.18 bits per heavy atom. The van der Waals surface area contributed by atoms with Gasteiger partial charge in [0.2, 0.25) is 0 Å². The monoisotopic (exact) mass is 266 g/mol. The molecule has 1 aromatic rings. The normalized spacial score (nSPS) is 9.64. The molecule has 0 bridgehead atoms. The molecule has 0 aliphatic heterocycles. The molecular formula is C7H4FIO2. The Morgan fingerprint density at radius 1 is 1.55 bits per heavy atom. The molecule has 1 rings (SSSR count). The number of phenolic OH excluding ortho intramolecular Hbond substituents is 1. The maximum Gasteiger partial charge on any atom is 0.153 e. The van der Waals surface area contributed by atoms with Gasteiger partial charge in [0.05, 0.1) is 9.13 Å². The van der Waals surface area contributed by atoms with Crippen LogP contribution in [0.4, 0.5) is 4.39 Å². The Labute approximate surface area is 76.2 Å². The van der Waals surface area contributed by atoms with Crippen LogP contribution in [0.25, 0.3) is 0 Å². The summed E-state index contributed by atoms with van der Waals surface area (Å²) in [5.74, 6) is -0.684. The van der Waals surface area contributed by atoms with Crippen LogP contribution in [0.5, 0.6) is 5.75 Å². The van der Waals surface area contributed by atoms with Gasteiger partial charge in [-0.2, -0.15) is 0 Å². The molecule has 0 unspecified atom stereocenters. The van der Waals surface area contributed by atoms with Crippen LogP contribution in [0.15, 0.2) is 12.1 Å². The first-order valence-electron chi connectivity index (χ1n) is 2.78. The van der Waals surface area contributed by atoms with Gasteiger partial charge in [0, 0.05) is 0 Å². The Kier molecular flexibility index (Phi) is 2.43. The molecule has 2 nitrogen and oxygen atoms in total. The van der Waals surface area contributed by atoms with E-state index in [9.17, 15) is 9.18 Å². The van der Waals surface area contributed by atoms with Crippen molar-refractivity contribution in [1.82, 2.24) is 0 Å². The van der Waals surface area contributed by atoms with Crippen molar-refractivity contribution in [2.45, 2.75) is 0 Å². The van der Waals surface area contributed by atoms with Gasteiger partial charge in [-0.15, -0.1) is 0 Å². The van der Waals surface area contributed by atoms with Gasteiger partial charge < -0.3 is 5.11 Å². The molecule has 11 heavy (non-hydrogen) atoms. The number of halogens is 2. The van der Waals surface area contributed by atoms with Crippen molar-refractivity contribution >= 4 is 28.9 Å². The zero-order valence-corrected chi connectivity index (χ0v) is 7.50. The third kappa shape index (κ3) is 1.68. The molecular weight excluding hydrogens is 262 g/mol. The number of rotatable bonds is 1. The molecule has 0 spiro atoms. The van der Waals surface area contributed by atoms with E-state index < -0.39 is 5.82 Å². The van der Waals surface area contributed by atoms with Crippen LogP contribution in [-0.4, -0.2) is 11.4 Å². The topological polar surface area (TPSA) is 37.3 Å². The van der Waals surface area contributed by atoms with Gasteiger partial charge in [-0.3, -0.25) is 4.79 Å². The molecule has 0 aromatic heterocycles. The SMILES string of the molecule is O=Cc1cc(O)cc(I)c1F. The van der Waals surface area contributed by atoms with Gasteiger partial charge in [0.25, 0.3) is 0 Å². The van der Waals surface area contributed by atoms with Crippen molar-refractivity contribution < 1.29 is 14.3 Å². The standard InChI is InChI=1S/C7H4FIO2/c8-7-4(3-10)1-5(11)2-6(7)9/h1-3,11H. The number of benzene rings is 1. The molecule has 0 aliphatic carbocycles. The lowest BCUT2D eigenvalue weighted by molar-refractivity contribution is 0.111. The third-order valence-corrected chi connectivity index (χ3v) is 1.95. The van der Waals surface area contributed by atoms with E-state index in [4.69, 9.17) is 5.11 Å². The van der Waals surface area contributed by atoms with Crippen molar-refractivity contribution in [2.24, 2.45) is 0 Å². The Bertz CT molecular complexity index is 299. The van der Waals surface area contributed by atoms with Gasteiger partial charge in [0.1, 0.15) is 11.6 Å². The van der Waals surface area contributed by atoms with Crippen molar-refractivity contribution in [3.63, 3.8) is 0 Å². The fraction of sp³-hybridized carbons (Fsp3) is 0. The van der Waals surface area contributed by atoms with Crippen LogP contribution in [0.3, 0.4) is 0 Å². The largest absolute Gasteiger partial charge is 0.508 e. The van der Waals surface area contributed by atoms with Crippen LogP contribution >= 0.6 is 22.6 Å². The molecule has 0 saturated heterocycles. The Hall–Kier alpha value is -0.650. The number of aldehydes is 1. The van der Waals surface area contributed by atoms with E-state index in [0.29, 0.717) is 6.29 Å². The summed E-state index contributed by atoms with van der Waals surface area (Å²) in [6.07, 6.45) is 0.372. The summed E-state index contributed by atoms with van der Waals surface area (Å²) in [7, 11) is 0. The highest BCUT2D eigenvalue weighted by molar-refractivity contribution is 14.1. The lowest BCUT2D eigenvalue weighted by Gasteiger charge is -1.98. The van der Waals surface area contributed by atoms with E-state index in [2.05, 4.69) is 0 Å². The molecule has 0 saturated carbocycles. The molecule has 0 heterocycles. The average molecular weight is 266 g/mol. The van der Waals surface area contributed by atoms with Gasteiger partial charge in [-0.25, -0.2) is 4.39 Å². The van der Waals surface area contributed by atoms with Gasteiger partial charge in [-0.05, 0) is 34.7 Å². The lowest BCUT2D eigenvalue weighted by atomic mass is 10.2. The zero-order valence-electron chi connectivity index (χ0n) is 5.34. The highest BCUT2D eigenvalue weighted by Crippen LogP contribution is 2.20. The van der Waals surface area contributed by atoms with Crippen LogP contribution < -0.4 is 0 Å². The maximum absolute atomic E-state index is 12.8. The summed E-state index contributed by atoms with van der Waals surface area (Å²) >= 11 is 1.71. The number of carbonyl (C=O) groups is 1. The highest BCUT2D eigenvalue weighted by atomic mass is 127. The van der Waals surface area contributed by atoms with Crippen LogP contribution in [0.1, 0.15) is 10.4 Å². The van der Waals surface area contributed by atoms with E-state index in [1.54, 1.807) is 22.6 Å². The van der Waals surface area contributed by atoms with E-state index in [1.807, 2.05) is 0 Å². The van der Waals surface area contributed by atoms with Gasteiger partial charge in [0.15, 0.2) is 6.29 Å². The summed E-state index contributed by atoms with van der Waals surface area (Å²) in [6.45, 7) is 0. The van der Waals surface area contributed by atoms with Crippen molar-refractivity contribution in [2.75, 3.05) is 0 Å². The minimum atomic E-state index is -0.585. The molecule has 1 aromatic carbocycles. The zero-order chi connectivity index (χ0) is 8.43. The minimum absolute atomic E-state index is 0.0992. The number of aromatic hydroxyl groups is 1. The van der Waals surface area contributed by atoms with Gasteiger partial charge in [-0.1, -0.05) is 0 Å². The molecule has 58 valence electrons. The van der Waals surface area contributed by atoms with Crippen LogP contribution in [0.2, 0.25) is 0 Å². The number of hydrogen-bond donors (Lipinski definition) is 1.